The fourth-order valence-electron chi connectivity index (χ4n) is 2.25. The maximum atomic E-state index is 11.7. The molecular formula is C20H29IN4OS. The molecule has 0 fully saturated rings. The number of carbonyl (C=O) groups excluding carboxylic acids is 1. The summed E-state index contributed by atoms with van der Waals surface area (Å²) < 4.78 is 0. The van der Waals surface area contributed by atoms with Crippen LogP contribution in [0.15, 0.2) is 46.8 Å². The van der Waals surface area contributed by atoms with Crippen LogP contribution in [0.4, 0.5) is 5.69 Å². The third-order valence-electron chi connectivity index (χ3n) is 3.75. The van der Waals surface area contributed by atoms with E-state index < -0.39 is 0 Å². The van der Waals surface area contributed by atoms with Crippen molar-refractivity contribution in [3.63, 3.8) is 0 Å². The average molecular weight is 500 g/mol. The number of halogens is 1. The highest BCUT2D eigenvalue weighted by atomic mass is 127. The van der Waals surface area contributed by atoms with Crippen molar-refractivity contribution < 1.29 is 4.79 Å². The van der Waals surface area contributed by atoms with Crippen LogP contribution in [-0.4, -0.2) is 25.0 Å². The minimum atomic E-state index is -0.0257. The molecule has 0 bridgehead atoms. The first kappa shape index (κ1) is 23.4. The van der Waals surface area contributed by atoms with Gasteiger partial charge in [0.2, 0.25) is 5.91 Å². The van der Waals surface area contributed by atoms with Crippen molar-refractivity contribution >= 4 is 52.9 Å². The topological polar surface area (TPSA) is 65.5 Å². The van der Waals surface area contributed by atoms with Crippen LogP contribution in [0.3, 0.4) is 0 Å². The van der Waals surface area contributed by atoms with Crippen LogP contribution in [0, 0.1) is 5.92 Å². The van der Waals surface area contributed by atoms with Gasteiger partial charge in [0.15, 0.2) is 5.96 Å². The molecule has 0 radical (unpaired) electrons. The number of aliphatic imine (C=N–C) groups is 1. The summed E-state index contributed by atoms with van der Waals surface area (Å²) in [5, 5.41) is 11.6. The van der Waals surface area contributed by atoms with Crippen LogP contribution < -0.4 is 16.0 Å². The van der Waals surface area contributed by atoms with E-state index in [4.69, 9.17) is 0 Å². The normalized spacial score (nSPS) is 11.0. The Bertz CT molecular complexity index is 699. The molecule has 1 amide bonds. The Labute approximate surface area is 183 Å². The smallest absolute Gasteiger partial charge is 0.226 e. The lowest BCUT2D eigenvalue weighted by atomic mass is 10.2. The van der Waals surface area contributed by atoms with Crippen molar-refractivity contribution in [1.29, 1.82) is 0 Å². The zero-order valence-corrected chi connectivity index (χ0v) is 19.3. The largest absolute Gasteiger partial charge is 0.357 e. The summed E-state index contributed by atoms with van der Waals surface area (Å²) in [4.78, 5) is 17.7. The Balaban J connectivity index is 0.00000364. The highest BCUT2D eigenvalue weighted by molar-refractivity contribution is 14.0. The molecule has 0 aliphatic carbocycles. The fourth-order valence-corrected chi connectivity index (χ4v) is 2.96. The number of carbonyl (C=O) groups is 1. The lowest BCUT2D eigenvalue weighted by Crippen LogP contribution is -2.38. The summed E-state index contributed by atoms with van der Waals surface area (Å²) in [6.45, 7) is 8.09. The van der Waals surface area contributed by atoms with Gasteiger partial charge < -0.3 is 16.0 Å². The number of anilines is 1. The SMILES string of the molecule is CCNC(=NCc1ccc(NC(=O)C(C)C)cc1)NCCc1cccs1.I. The number of hydrogen-bond donors (Lipinski definition) is 3. The quantitative estimate of drug-likeness (QED) is 0.288. The van der Waals surface area contributed by atoms with Gasteiger partial charge in [-0.25, -0.2) is 4.99 Å². The number of guanidine groups is 1. The first-order valence-electron chi connectivity index (χ1n) is 9.03. The van der Waals surface area contributed by atoms with Gasteiger partial charge in [-0.3, -0.25) is 4.79 Å². The second-order valence-electron chi connectivity index (χ2n) is 6.29. The van der Waals surface area contributed by atoms with E-state index in [2.05, 4.69) is 45.4 Å². The van der Waals surface area contributed by atoms with Crippen LogP contribution >= 0.6 is 35.3 Å². The fraction of sp³-hybridized carbons (Fsp3) is 0.400. The van der Waals surface area contributed by atoms with E-state index in [1.807, 2.05) is 38.1 Å². The highest BCUT2D eigenvalue weighted by Gasteiger charge is 2.06. The van der Waals surface area contributed by atoms with E-state index in [1.54, 1.807) is 11.3 Å². The van der Waals surface area contributed by atoms with Gasteiger partial charge in [0.05, 0.1) is 6.54 Å². The van der Waals surface area contributed by atoms with Crippen molar-refractivity contribution in [2.45, 2.75) is 33.7 Å². The van der Waals surface area contributed by atoms with Crippen molar-refractivity contribution in [3.8, 4) is 0 Å². The molecule has 148 valence electrons. The molecule has 3 N–H and O–H groups in total. The van der Waals surface area contributed by atoms with Crippen LogP contribution in [0.5, 0.6) is 0 Å². The van der Waals surface area contributed by atoms with Crippen LogP contribution in [-0.2, 0) is 17.8 Å². The summed E-state index contributed by atoms with van der Waals surface area (Å²) in [5.74, 6) is 0.823. The van der Waals surface area contributed by atoms with E-state index in [-0.39, 0.29) is 35.8 Å². The van der Waals surface area contributed by atoms with Gasteiger partial charge in [-0.1, -0.05) is 32.0 Å². The molecule has 0 saturated heterocycles. The first-order chi connectivity index (χ1) is 12.6. The Morgan fingerprint density at radius 3 is 2.48 bits per heavy atom. The molecule has 0 unspecified atom stereocenters. The highest BCUT2D eigenvalue weighted by Crippen LogP contribution is 2.12. The maximum Gasteiger partial charge on any atom is 0.226 e. The third kappa shape index (κ3) is 8.75. The standard InChI is InChI=1S/C20H28N4OS.HI/c1-4-21-20(22-12-11-18-6-5-13-26-18)23-14-16-7-9-17(10-8-16)24-19(25)15(2)3;/h5-10,13,15H,4,11-12,14H2,1-3H3,(H,24,25)(H2,21,22,23);1H. The molecule has 2 rings (SSSR count). The number of nitrogens with one attached hydrogen (secondary N) is 3. The Morgan fingerprint density at radius 2 is 1.89 bits per heavy atom. The Hall–Kier alpha value is -1.61. The minimum Gasteiger partial charge on any atom is -0.357 e. The summed E-state index contributed by atoms with van der Waals surface area (Å²) in [5.41, 5.74) is 1.92. The third-order valence-corrected chi connectivity index (χ3v) is 4.69. The number of benzene rings is 1. The van der Waals surface area contributed by atoms with Gasteiger partial charge in [0, 0.05) is 29.6 Å². The van der Waals surface area contributed by atoms with Crippen molar-refractivity contribution in [2.75, 3.05) is 18.4 Å². The molecule has 7 heteroatoms. The van der Waals surface area contributed by atoms with Gasteiger partial charge in [0.1, 0.15) is 0 Å². The lowest BCUT2D eigenvalue weighted by Gasteiger charge is -2.11. The van der Waals surface area contributed by atoms with Gasteiger partial charge in [-0.05, 0) is 42.5 Å². The zero-order valence-electron chi connectivity index (χ0n) is 16.1. The predicted molar refractivity (Wildman–Crippen MR) is 126 cm³/mol. The Kier molecular flexibility index (Phi) is 11.0. The van der Waals surface area contributed by atoms with Crippen molar-refractivity contribution in [1.82, 2.24) is 10.6 Å². The molecule has 0 spiro atoms. The molecule has 27 heavy (non-hydrogen) atoms. The van der Waals surface area contributed by atoms with Crippen LogP contribution in [0.1, 0.15) is 31.2 Å². The Morgan fingerprint density at radius 1 is 1.15 bits per heavy atom. The second kappa shape index (κ2) is 12.7. The van der Waals surface area contributed by atoms with E-state index in [9.17, 15) is 4.79 Å². The molecule has 0 aliphatic heterocycles. The number of nitrogens with zero attached hydrogens (tertiary/aromatic N) is 1. The van der Waals surface area contributed by atoms with Crippen molar-refractivity contribution in [2.24, 2.45) is 10.9 Å². The number of hydrogen-bond acceptors (Lipinski definition) is 3. The molecule has 1 aromatic carbocycles. The summed E-state index contributed by atoms with van der Waals surface area (Å²) in [6.07, 6.45) is 0.992. The number of rotatable bonds is 8. The van der Waals surface area contributed by atoms with Gasteiger partial charge in [-0.15, -0.1) is 35.3 Å². The van der Waals surface area contributed by atoms with E-state index in [0.29, 0.717) is 6.54 Å². The van der Waals surface area contributed by atoms with Crippen molar-refractivity contribution in [3.05, 3.63) is 52.2 Å². The molecule has 1 aromatic heterocycles. The molecular weight excluding hydrogens is 471 g/mol. The first-order valence-corrected chi connectivity index (χ1v) is 9.90. The number of amides is 1. The van der Waals surface area contributed by atoms with Gasteiger partial charge in [0.25, 0.3) is 0 Å². The summed E-state index contributed by atoms with van der Waals surface area (Å²) >= 11 is 1.78. The monoisotopic (exact) mass is 500 g/mol. The molecule has 0 atom stereocenters. The molecule has 1 heterocycles. The van der Waals surface area contributed by atoms with Gasteiger partial charge in [-0.2, -0.15) is 0 Å². The molecule has 0 saturated carbocycles. The number of thiophene rings is 1. The molecule has 0 aliphatic rings. The average Bonchev–Trinajstić information content (AvgIpc) is 3.14. The molecule has 5 nitrogen and oxygen atoms in total. The minimum absolute atomic E-state index is 0. The summed E-state index contributed by atoms with van der Waals surface area (Å²) in [6, 6.07) is 12.1. The van der Waals surface area contributed by atoms with Crippen LogP contribution in [0.25, 0.3) is 0 Å². The van der Waals surface area contributed by atoms with E-state index in [1.165, 1.54) is 4.88 Å². The summed E-state index contributed by atoms with van der Waals surface area (Å²) in [7, 11) is 0. The molecule has 2 aromatic rings. The van der Waals surface area contributed by atoms with Gasteiger partial charge >= 0.3 is 0 Å². The van der Waals surface area contributed by atoms with E-state index in [0.717, 1.165) is 36.7 Å². The van der Waals surface area contributed by atoms with Crippen LogP contribution in [0.2, 0.25) is 0 Å². The second-order valence-corrected chi connectivity index (χ2v) is 7.32. The zero-order chi connectivity index (χ0) is 18.8. The van der Waals surface area contributed by atoms with E-state index >= 15 is 0 Å². The predicted octanol–water partition coefficient (Wildman–Crippen LogP) is 4.26. The maximum absolute atomic E-state index is 11.7. The lowest BCUT2D eigenvalue weighted by molar-refractivity contribution is -0.118.